The lowest BCUT2D eigenvalue weighted by atomic mass is 9.73. The highest BCUT2D eigenvalue weighted by molar-refractivity contribution is 7.89. The molecule has 2 aliphatic rings. The van der Waals surface area contributed by atoms with E-state index in [1.165, 1.54) is 4.31 Å². The topological polar surface area (TPSA) is 72.9 Å². The molecule has 2 aliphatic heterocycles. The highest BCUT2D eigenvalue weighted by Crippen LogP contribution is 2.41. The fourth-order valence-electron chi connectivity index (χ4n) is 4.56. The second kappa shape index (κ2) is 9.14. The van der Waals surface area contributed by atoms with Crippen LogP contribution < -0.4 is 0 Å². The van der Waals surface area contributed by atoms with Crippen LogP contribution in [0.25, 0.3) is 0 Å². The Labute approximate surface area is 174 Å². The molecule has 7 heteroatoms. The standard InChI is InChI=1S/C22H33NO5S/c1-4-27-21(24)22(16-19-7-5-6-14-28-19)10-12-23(13-11-22)29(25,26)20-9-8-17(2)15-18(20)3/h8-9,15,19H,4-7,10-14,16H2,1-3H3. The Hall–Kier alpha value is -1.44. The van der Waals surface area contributed by atoms with Crippen molar-refractivity contribution in [2.24, 2.45) is 5.41 Å². The SMILES string of the molecule is CCOC(=O)C1(CC2CCCCO2)CCN(S(=O)(=O)c2ccc(C)cc2C)CC1. The highest BCUT2D eigenvalue weighted by Gasteiger charge is 2.46. The van der Waals surface area contributed by atoms with E-state index in [1.807, 2.05) is 32.9 Å². The fraction of sp³-hybridized carbons (Fsp3) is 0.682. The molecule has 1 aromatic carbocycles. The molecular weight excluding hydrogens is 390 g/mol. The third-order valence-electron chi connectivity index (χ3n) is 6.23. The van der Waals surface area contributed by atoms with Gasteiger partial charge in [-0.15, -0.1) is 0 Å². The molecule has 1 unspecified atom stereocenters. The van der Waals surface area contributed by atoms with Gasteiger partial charge in [0.05, 0.1) is 23.0 Å². The van der Waals surface area contributed by atoms with Gasteiger partial charge in [0.1, 0.15) is 0 Å². The summed E-state index contributed by atoms with van der Waals surface area (Å²) in [5.74, 6) is -0.210. The molecular formula is C22H33NO5S. The summed E-state index contributed by atoms with van der Waals surface area (Å²) in [5.41, 5.74) is 1.13. The van der Waals surface area contributed by atoms with Crippen molar-refractivity contribution < 1.29 is 22.7 Å². The van der Waals surface area contributed by atoms with Crippen molar-refractivity contribution >= 4 is 16.0 Å². The number of piperidine rings is 1. The lowest BCUT2D eigenvalue weighted by molar-refractivity contribution is -0.162. The van der Waals surface area contributed by atoms with Crippen LogP contribution in [0.2, 0.25) is 0 Å². The minimum Gasteiger partial charge on any atom is -0.466 e. The summed E-state index contributed by atoms with van der Waals surface area (Å²) in [6.07, 6.45) is 4.72. The van der Waals surface area contributed by atoms with Gasteiger partial charge in [0.15, 0.2) is 0 Å². The smallest absolute Gasteiger partial charge is 0.312 e. The van der Waals surface area contributed by atoms with Gasteiger partial charge in [-0.25, -0.2) is 8.42 Å². The Kier molecular flexibility index (Phi) is 7.02. The predicted molar refractivity (Wildman–Crippen MR) is 111 cm³/mol. The molecule has 0 amide bonds. The molecule has 0 aliphatic carbocycles. The maximum absolute atomic E-state index is 13.2. The molecule has 2 saturated heterocycles. The van der Waals surface area contributed by atoms with E-state index < -0.39 is 15.4 Å². The van der Waals surface area contributed by atoms with Gasteiger partial charge in [-0.3, -0.25) is 4.79 Å². The third kappa shape index (κ3) is 4.84. The van der Waals surface area contributed by atoms with E-state index >= 15 is 0 Å². The minimum absolute atomic E-state index is 0.0515. The van der Waals surface area contributed by atoms with Crippen LogP contribution in [-0.4, -0.2) is 51.1 Å². The molecule has 162 valence electrons. The summed E-state index contributed by atoms with van der Waals surface area (Å²) in [4.78, 5) is 13.2. The number of carbonyl (C=O) groups is 1. The minimum atomic E-state index is -3.58. The first-order chi connectivity index (χ1) is 13.8. The first kappa shape index (κ1) is 22.2. The zero-order valence-electron chi connectivity index (χ0n) is 17.8. The molecule has 0 saturated carbocycles. The van der Waals surface area contributed by atoms with Crippen molar-refractivity contribution in [2.75, 3.05) is 26.3 Å². The molecule has 0 N–H and O–H groups in total. The van der Waals surface area contributed by atoms with Gasteiger partial charge >= 0.3 is 5.97 Å². The van der Waals surface area contributed by atoms with Crippen LogP contribution in [-0.2, 0) is 24.3 Å². The fourth-order valence-corrected chi connectivity index (χ4v) is 6.21. The summed E-state index contributed by atoms with van der Waals surface area (Å²) < 4.78 is 39.2. The average Bonchev–Trinajstić information content (AvgIpc) is 2.69. The van der Waals surface area contributed by atoms with Crippen molar-refractivity contribution in [3.05, 3.63) is 29.3 Å². The molecule has 0 bridgehead atoms. The summed E-state index contributed by atoms with van der Waals surface area (Å²) in [7, 11) is -3.58. The average molecular weight is 424 g/mol. The van der Waals surface area contributed by atoms with Gasteiger partial charge in [-0.05, 0) is 70.9 Å². The van der Waals surface area contributed by atoms with Crippen LogP contribution in [0.5, 0.6) is 0 Å². The van der Waals surface area contributed by atoms with E-state index in [9.17, 15) is 13.2 Å². The highest BCUT2D eigenvalue weighted by atomic mass is 32.2. The van der Waals surface area contributed by atoms with Gasteiger partial charge in [-0.1, -0.05) is 17.7 Å². The van der Waals surface area contributed by atoms with Crippen LogP contribution >= 0.6 is 0 Å². The quantitative estimate of drug-likeness (QED) is 0.654. The molecule has 3 rings (SSSR count). The Morgan fingerprint density at radius 3 is 2.55 bits per heavy atom. The van der Waals surface area contributed by atoms with E-state index in [0.29, 0.717) is 43.9 Å². The van der Waals surface area contributed by atoms with E-state index in [1.54, 1.807) is 6.07 Å². The summed E-state index contributed by atoms with van der Waals surface area (Å²) in [6, 6.07) is 5.40. The van der Waals surface area contributed by atoms with Gasteiger partial charge in [0, 0.05) is 19.7 Å². The first-order valence-electron chi connectivity index (χ1n) is 10.6. The molecule has 0 aromatic heterocycles. The number of aryl methyl sites for hydroxylation is 2. The molecule has 0 radical (unpaired) electrons. The Bertz CT molecular complexity index is 822. The summed E-state index contributed by atoms with van der Waals surface area (Å²) in [5, 5.41) is 0. The van der Waals surface area contributed by atoms with Crippen LogP contribution in [0.15, 0.2) is 23.1 Å². The normalized spacial score (nSPS) is 22.9. The number of sulfonamides is 1. The number of benzene rings is 1. The monoisotopic (exact) mass is 423 g/mol. The van der Waals surface area contributed by atoms with Crippen molar-refractivity contribution in [2.45, 2.75) is 70.3 Å². The molecule has 2 fully saturated rings. The van der Waals surface area contributed by atoms with Crippen LogP contribution in [0, 0.1) is 19.3 Å². The summed E-state index contributed by atoms with van der Waals surface area (Å²) in [6.45, 7) is 7.29. The number of carbonyl (C=O) groups excluding carboxylic acids is 1. The number of esters is 1. The zero-order chi connectivity index (χ0) is 21.1. The largest absolute Gasteiger partial charge is 0.466 e. The second-order valence-corrected chi connectivity index (χ2v) is 10.3. The van der Waals surface area contributed by atoms with Crippen molar-refractivity contribution in [1.82, 2.24) is 4.31 Å². The maximum Gasteiger partial charge on any atom is 0.312 e. The van der Waals surface area contributed by atoms with E-state index in [-0.39, 0.29) is 12.1 Å². The predicted octanol–water partition coefficient (Wildman–Crippen LogP) is 3.60. The van der Waals surface area contributed by atoms with Crippen molar-refractivity contribution in [1.29, 1.82) is 0 Å². The van der Waals surface area contributed by atoms with Gasteiger partial charge in [0.2, 0.25) is 10.0 Å². The molecule has 1 atom stereocenters. The number of hydrogen-bond donors (Lipinski definition) is 0. The summed E-state index contributed by atoms with van der Waals surface area (Å²) >= 11 is 0. The van der Waals surface area contributed by atoms with Gasteiger partial charge in [0.25, 0.3) is 0 Å². The van der Waals surface area contributed by atoms with Gasteiger partial charge in [-0.2, -0.15) is 4.31 Å². The van der Waals surface area contributed by atoms with Crippen LogP contribution in [0.3, 0.4) is 0 Å². The zero-order valence-corrected chi connectivity index (χ0v) is 18.6. The van der Waals surface area contributed by atoms with Gasteiger partial charge < -0.3 is 9.47 Å². The van der Waals surface area contributed by atoms with Crippen LogP contribution in [0.4, 0.5) is 0 Å². The third-order valence-corrected chi connectivity index (χ3v) is 8.29. The van der Waals surface area contributed by atoms with Crippen molar-refractivity contribution in [3.63, 3.8) is 0 Å². The second-order valence-electron chi connectivity index (χ2n) is 8.37. The lowest BCUT2D eigenvalue weighted by Crippen LogP contribution is -2.49. The molecule has 1 aromatic rings. The number of nitrogens with zero attached hydrogens (tertiary/aromatic N) is 1. The maximum atomic E-state index is 13.2. The number of hydrogen-bond acceptors (Lipinski definition) is 5. The lowest BCUT2D eigenvalue weighted by Gasteiger charge is -2.41. The first-order valence-corrected chi connectivity index (χ1v) is 12.1. The van der Waals surface area contributed by atoms with Crippen LogP contribution in [0.1, 0.15) is 56.6 Å². The van der Waals surface area contributed by atoms with E-state index in [2.05, 4.69) is 0 Å². The van der Waals surface area contributed by atoms with Crippen molar-refractivity contribution in [3.8, 4) is 0 Å². The Balaban J connectivity index is 1.77. The molecule has 0 spiro atoms. The number of ether oxygens (including phenoxy) is 2. The Morgan fingerprint density at radius 2 is 1.97 bits per heavy atom. The molecule has 2 heterocycles. The van der Waals surface area contributed by atoms with E-state index in [0.717, 1.165) is 37.0 Å². The molecule has 6 nitrogen and oxygen atoms in total. The molecule has 29 heavy (non-hydrogen) atoms. The number of rotatable bonds is 6. The van der Waals surface area contributed by atoms with E-state index in [4.69, 9.17) is 9.47 Å². The Morgan fingerprint density at radius 1 is 1.24 bits per heavy atom.